The van der Waals surface area contributed by atoms with Crippen molar-refractivity contribution in [3.8, 4) is 0 Å². The number of hydrogen-bond acceptors (Lipinski definition) is 3. The van der Waals surface area contributed by atoms with Gasteiger partial charge in [-0.1, -0.05) is 41.0 Å². The molecule has 118 valence electrons. The van der Waals surface area contributed by atoms with Crippen LogP contribution in [0.4, 0.5) is 0 Å². The molecule has 0 aliphatic carbocycles. The smallest absolute Gasteiger partial charge is 0.0594 e. The van der Waals surface area contributed by atoms with E-state index >= 15 is 0 Å². The van der Waals surface area contributed by atoms with Crippen LogP contribution in [0.2, 0.25) is 0 Å². The number of nitrogens with zero attached hydrogens (tertiary/aromatic N) is 2. The van der Waals surface area contributed by atoms with Gasteiger partial charge in [0.2, 0.25) is 0 Å². The van der Waals surface area contributed by atoms with Gasteiger partial charge >= 0.3 is 0 Å². The Morgan fingerprint density at radius 1 is 1.00 bits per heavy atom. The molecular formula is C16H38N2O. The van der Waals surface area contributed by atoms with Gasteiger partial charge in [0.25, 0.3) is 0 Å². The lowest BCUT2D eigenvalue weighted by Crippen LogP contribution is -2.36. The third-order valence-corrected chi connectivity index (χ3v) is 3.08. The molecule has 3 nitrogen and oxygen atoms in total. The highest BCUT2D eigenvalue weighted by atomic mass is 16.5. The number of hydrogen-bond donors (Lipinski definition) is 0. The van der Waals surface area contributed by atoms with Crippen LogP contribution in [0.15, 0.2) is 0 Å². The van der Waals surface area contributed by atoms with E-state index in [1.807, 2.05) is 13.8 Å². The molecule has 0 radical (unpaired) electrons. The van der Waals surface area contributed by atoms with Gasteiger partial charge in [0.1, 0.15) is 0 Å². The van der Waals surface area contributed by atoms with E-state index in [0.29, 0.717) is 0 Å². The van der Waals surface area contributed by atoms with Crippen LogP contribution >= 0.6 is 0 Å². The molecule has 1 heterocycles. The summed E-state index contributed by atoms with van der Waals surface area (Å²) >= 11 is 0. The van der Waals surface area contributed by atoms with E-state index in [4.69, 9.17) is 4.74 Å². The van der Waals surface area contributed by atoms with Crippen LogP contribution in [0.3, 0.4) is 0 Å². The van der Waals surface area contributed by atoms with E-state index in [1.54, 1.807) is 0 Å². The van der Waals surface area contributed by atoms with Crippen LogP contribution in [-0.2, 0) is 4.74 Å². The highest BCUT2D eigenvalue weighted by Gasteiger charge is 2.07. The van der Waals surface area contributed by atoms with Gasteiger partial charge in [-0.05, 0) is 39.5 Å². The summed E-state index contributed by atoms with van der Waals surface area (Å²) in [6, 6.07) is 0. The first-order valence-electron chi connectivity index (χ1n) is 8.23. The molecule has 3 heteroatoms. The molecular weight excluding hydrogens is 236 g/mol. The zero-order valence-electron chi connectivity index (χ0n) is 14.4. The first kappa shape index (κ1) is 21.2. The zero-order chi connectivity index (χ0) is 14.9. The van der Waals surface area contributed by atoms with Crippen molar-refractivity contribution >= 4 is 0 Å². The molecule has 0 aromatic carbocycles. The molecule has 0 bridgehead atoms. The molecule has 0 aromatic heterocycles. The van der Waals surface area contributed by atoms with Crippen molar-refractivity contribution in [3.05, 3.63) is 0 Å². The Morgan fingerprint density at radius 2 is 1.58 bits per heavy atom. The summed E-state index contributed by atoms with van der Waals surface area (Å²) in [5.41, 5.74) is 0. The zero-order valence-corrected chi connectivity index (χ0v) is 14.4. The van der Waals surface area contributed by atoms with Gasteiger partial charge in [0.15, 0.2) is 0 Å². The van der Waals surface area contributed by atoms with E-state index in [2.05, 4.69) is 37.6 Å². The molecule has 1 aliphatic heterocycles. The van der Waals surface area contributed by atoms with Gasteiger partial charge in [0, 0.05) is 13.1 Å². The van der Waals surface area contributed by atoms with Crippen molar-refractivity contribution in [1.82, 2.24) is 9.80 Å². The highest BCUT2D eigenvalue weighted by Crippen LogP contribution is 1.98. The molecule has 0 unspecified atom stereocenters. The SMILES string of the molecule is CC.CCCCN1CCOCC1.CCCN(C)CC. The fourth-order valence-electron chi connectivity index (χ4n) is 1.75. The van der Waals surface area contributed by atoms with Crippen LogP contribution in [0.5, 0.6) is 0 Å². The van der Waals surface area contributed by atoms with Gasteiger partial charge in [-0.15, -0.1) is 0 Å². The fourth-order valence-corrected chi connectivity index (χ4v) is 1.75. The monoisotopic (exact) mass is 274 g/mol. The van der Waals surface area contributed by atoms with Gasteiger partial charge in [0.05, 0.1) is 13.2 Å². The molecule has 1 saturated heterocycles. The molecule has 0 spiro atoms. The Labute approximate surface area is 122 Å². The molecule has 0 amide bonds. The number of unbranched alkanes of at least 4 members (excludes halogenated alkanes) is 1. The van der Waals surface area contributed by atoms with Crippen molar-refractivity contribution < 1.29 is 4.74 Å². The summed E-state index contributed by atoms with van der Waals surface area (Å²) < 4.78 is 5.24. The largest absolute Gasteiger partial charge is 0.379 e. The van der Waals surface area contributed by atoms with Crippen molar-refractivity contribution in [2.45, 2.75) is 53.9 Å². The Kier molecular flexibility index (Phi) is 19.9. The normalized spacial score (nSPS) is 15.3. The average Bonchev–Trinajstić information content (AvgIpc) is 2.49. The minimum Gasteiger partial charge on any atom is -0.379 e. The van der Waals surface area contributed by atoms with Gasteiger partial charge in [-0.3, -0.25) is 4.90 Å². The summed E-state index contributed by atoms with van der Waals surface area (Å²) in [5.74, 6) is 0. The van der Waals surface area contributed by atoms with E-state index in [0.717, 1.165) is 26.3 Å². The summed E-state index contributed by atoms with van der Waals surface area (Å²) in [4.78, 5) is 4.78. The maximum absolute atomic E-state index is 5.24. The first-order valence-corrected chi connectivity index (χ1v) is 8.23. The maximum atomic E-state index is 5.24. The van der Waals surface area contributed by atoms with E-state index in [1.165, 1.54) is 38.9 Å². The standard InChI is InChI=1S/C8H17NO.C6H15N.C2H6/c1-2-3-4-9-5-7-10-8-6-9;1-4-6-7(3)5-2;1-2/h2-8H2,1H3;4-6H2,1-3H3;1-2H3. The minimum atomic E-state index is 0.934. The molecule has 0 N–H and O–H groups in total. The molecule has 1 fully saturated rings. The third kappa shape index (κ3) is 15.8. The Morgan fingerprint density at radius 3 is 1.95 bits per heavy atom. The van der Waals surface area contributed by atoms with Gasteiger partial charge < -0.3 is 9.64 Å². The third-order valence-electron chi connectivity index (χ3n) is 3.08. The van der Waals surface area contributed by atoms with Crippen molar-refractivity contribution in [1.29, 1.82) is 0 Å². The maximum Gasteiger partial charge on any atom is 0.0594 e. The lowest BCUT2D eigenvalue weighted by atomic mass is 10.3. The second-order valence-electron chi connectivity index (χ2n) is 4.70. The van der Waals surface area contributed by atoms with Gasteiger partial charge in [-0.2, -0.15) is 0 Å². The average molecular weight is 274 g/mol. The van der Waals surface area contributed by atoms with Crippen LogP contribution in [0.25, 0.3) is 0 Å². The van der Waals surface area contributed by atoms with Crippen LogP contribution in [0.1, 0.15) is 53.9 Å². The van der Waals surface area contributed by atoms with Crippen LogP contribution < -0.4 is 0 Å². The second-order valence-corrected chi connectivity index (χ2v) is 4.70. The van der Waals surface area contributed by atoms with Crippen molar-refractivity contribution in [2.75, 3.05) is 53.0 Å². The topological polar surface area (TPSA) is 15.7 Å². The van der Waals surface area contributed by atoms with E-state index in [9.17, 15) is 0 Å². The van der Waals surface area contributed by atoms with E-state index in [-0.39, 0.29) is 0 Å². The number of ether oxygens (including phenoxy) is 1. The Bertz CT molecular complexity index is 148. The van der Waals surface area contributed by atoms with Crippen LogP contribution in [-0.4, -0.2) is 62.8 Å². The van der Waals surface area contributed by atoms with Crippen molar-refractivity contribution in [2.24, 2.45) is 0 Å². The lowest BCUT2D eigenvalue weighted by molar-refractivity contribution is 0.0373. The molecule has 0 atom stereocenters. The molecule has 0 aromatic rings. The summed E-state index contributed by atoms with van der Waals surface area (Å²) in [6.07, 6.45) is 3.90. The lowest BCUT2D eigenvalue weighted by Gasteiger charge is -2.26. The predicted octanol–water partition coefficient (Wildman–Crippen LogP) is 3.49. The molecule has 19 heavy (non-hydrogen) atoms. The second kappa shape index (κ2) is 17.9. The number of morpholine rings is 1. The Hall–Kier alpha value is -0.120. The summed E-state index contributed by atoms with van der Waals surface area (Å²) in [7, 11) is 2.14. The molecule has 1 aliphatic rings. The number of rotatable bonds is 6. The first-order chi connectivity index (χ1) is 9.24. The predicted molar refractivity (Wildman–Crippen MR) is 87.0 cm³/mol. The van der Waals surface area contributed by atoms with Crippen LogP contribution in [0, 0.1) is 0 Å². The molecule has 0 saturated carbocycles. The van der Waals surface area contributed by atoms with Gasteiger partial charge in [-0.25, -0.2) is 0 Å². The summed E-state index contributed by atoms with van der Waals surface area (Å²) in [5, 5.41) is 0. The summed E-state index contributed by atoms with van der Waals surface area (Å²) in [6.45, 7) is 18.4. The molecule has 1 rings (SSSR count). The Balaban J connectivity index is 0. The highest BCUT2D eigenvalue weighted by molar-refractivity contribution is 4.60. The quantitative estimate of drug-likeness (QED) is 0.737. The minimum absolute atomic E-state index is 0.934. The fraction of sp³-hybridized carbons (Fsp3) is 1.00. The van der Waals surface area contributed by atoms with E-state index < -0.39 is 0 Å². The van der Waals surface area contributed by atoms with Crippen molar-refractivity contribution in [3.63, 3.8) is 0 Å².